The quantitative estimate of drug-likeness (QED) is 0.588. The Hall–Kier alpha value is -2.74. The highest BCUT2D eigenvalue weighted by Crippen LogP contribution is 2.36. The summed E-state index contributed by atoms with van der Waals surface area (Å²) >= 11 is 0.620. The molecular weight excluding hydrogens is 362 g/mol. The molecule has 0 saturated carbocycles. The van der Waals surface area contributed by atoms with E-state index in [1.54, 1.807) is 30.4 Å². The Morgan fingerprint density at radius 1 is 1.23 bits per heavy atom. The number of carbonyl (C=O) groups is 1. The molecule has 0 N–H and O–H groups in total. The molecular formula is C18H18F2N2O3S. The number of aromatic nitrogens is 1. The number of benzene rings is 1. The molecule has 0 radical (unpaired) electrons. The standard InChI is InChI=1S/C18H18F2N2O3S/c1-3-10-22(11-4-2)16(23)13-24-17-21-12-15(26-17)18(19,20)25-14-8-6-5-7-9-14/h3-9,12H,1-2,10-11,13H2. The molecule has 0 bridgehead atoms. The van der Waals surface area contributed by atoms with Gasteiger partial charge in [-0.05, 0) is 12.1 Å². The number of alkyl halides is 2. The second-order valence-corrected chi connectivity index (χ2v) is 6.08. The van der Waals surface area contributed by atoms with Crippen LogP contribution in [0, 0.1) is 0 Å². The van der Waals surface area contributed by atoms with E-state index < -0.39 is 11.0 Å². The number of ether oxygens (including phenoxy) is 2. The predicted octanol–water partition coefficient (Wildman–Crippen LogP) is 3.85. The summed E-state index contributed by atoms with van der Waals surface area (Å²) in [7, 11) is 0. The van der Waals surface area contributed by atoms with Gasteiger partial charge in [0.25, 0.3) is 11.1 Å². The first-order valence-electron chi connectivity index (χ1n) is 7.67. The van der Waals surface area contributed by atoms with Gasteiger partial charge in [-0.2, -0.15) is 8.78 Å². The molecule has 0 aliphatic carbocycles. The Morgan fingerprint density at radius 3 is 2.50 bits per heavy atom. The lowest BCUT2D eigenvalue weighted by Crippen LogP contribution is -2.35. The minimum atomic E-state index is -3.55. The van der Waals surface area contributed by atoms with Crippen molar-refractivity contribution in [1.29, 1.82) is 0 Å². The fourth-order valence-corrected chi connectivity index (χ4v) is 2.63. The molecule has 0 spiro atoms. The maximum atomic E-state index is 14.2. The Bertz CT molecular complexity index is 740. The molecule has 0 aliphatic rings. The second-order valence-electron chi connectivity index (χ2n) is 5.09. The molecule has 8 heteroatoms. The van der Waals surface area contributed by atoms with Gasteiger partial charge in [0.2, 0.25) is 0 Å². The van der Waals surface area contributed by atoms with Crippen molar-refractivity contribution in [2.45, 2.75) is 6.11 Å². The molecule has 0 aliphatic heterocycles. The lowest BCUT2D eigenvalue weighted by Gasteiger charge is -2.18. The predicted molar refractivity (Wildman–Crippen MR) is 95.5 cm³/mol. The minimum absolute atomic E-state index is 0.0352. The Balaban J connectivity index is 1.97. The van der Waals surface area contributed by atoms with E-state index in [0.29, 0.717) is 24.4 Å². The average Bonchev–Trinajstić information content (AvgIpc) is 3.10. The van der Waals surface area contributed by atoms with E-state index in [1.807, 2.05) is 0 Å². The third kappa shape index (κ3) is 5.38. The van der Waals surface area contributed by atoms with Crippen LogP contribution in [0.1, 0.15) is 4.88 Å². The summed E-state index contributed by atoms with van der Waals surface area (Å²) in [5, 5.41) is -0.0400. The van der Waals surface area contributed by atoms with Gasteiger partial charge in [0, 0.05) is 13.1 Å². The van der Waals surface area contributed by atoms with E-state index in [9.17, 15) is 13.6 Å². The molecule has 5 nitrogen and oxygen atoms in total. The van der Waals surface area contributed by atoms with Crippen molar-refractivity contribution in [2.24, 2.45) is 0 Å². The van der Waals surface area contributed by atoms with Crippen molar-refractivity contribution in [1.82, 2.24) is 9.88 Å². The van der Waals surface area contributed by atoms with Gasteiger partial charge < -0.3 is 14.4 Å². The minimum Gasteiger partial charge on any atom is -0.460 e. The number of hydrogen-bond donors (Lipinski definition) is 0. The molecule has 1 amide bonds. The summed E-state index contributed by atoms with van der Waals surface area (Å²) in [5.74, 6) is -0.290. The van der Waals surface area contributed by atoms with E-state index >= 15 is 0 Å². The van der Waals surface area contributed by atoms with Gasteiger partial charge in [-0.3, -0.25) is 4.79 Å². The summed E-state index contributed by atoms with van der Waals surface area (Å²) in [6.45, 7) is 7.49. The molecule has 0 fully saturated rings. The number of hydrogen-bond acceptors (Lipinski definition) is 5. The zero-order chi connectivity index (χ0) is 19.0. The van der Waals surface area contributed by atoms with E-state index in [-0.39, 0.29) is 23.5 Å². The van der Waals surface area contributed by atoms with Gasteiger partial charge in [-0.1, -0.05) is 41.7 Å². The van der Waals surface area contributed by atoms with E-state index in [2.05, 4.69) is 18.1 Å². The normalized spacial score (nSPS) is 10.8. The van der Waals surface area contributed by atoms with Crippen molar-refractivity contribution in [3.8, 4) is 10.9 Å². The van der Waals surface area contributed by atoms with Crippen molar-refractivity contribution >= 4 is 17.2 Å². The van der Waals surface area contributed by atoms with Crippen molar-refractivity contribution in [2.75, 3.05) is 19.7 Å². The van der Waals surface area contributed by atoms with Crippen LogP contribution in [-0.4, -0.2) is 35.5 Å². The highest BCUT2D eigenvalue weighted by molar-refractivity contribution is 7.13. The van der Waals surface area contributed by atoms with Crippen LogP contribution in [0.3, 0.4) is 0 Å². The maximum absolute atomic E-state index is 14.2. The van der Waals surface area contributed by atoms with Crippen LogP contribution in [-0.2, 0) is 10.9 Å². The topological polar surface area (TPSA) is 51.7 Å². The number of rotatable bonds is 10. The van der Waals surface area contributed by atoms with E-state index in [4.69, 9.17) is 9.47 Å². The highest BCUT2D eigenvalue weighted by atomic mass is 32.1. The van der Waals surface area contributed by atoms with Gasteiger partial charge >= 0.3 is 6.11 Å². The first kappa shape index (κ1) is 19.6. The smallest absolute Gasteiger partial charge is 0.437 e. The summed E-state index contributed by atoms with van der Waals surface area (Å²) in [4.78, 5) is 16.9. The fourth-order valence-electron chi connectivity index (χ4n) is 1.95. The highest BCUT2D eigenvalue weighted by Gasteiger charge is 2.37. The average molecular weight is 380 g/mol. The van der Waals surface area contributed by atoms with Crippen LogP contribution in [0.5, 0.6) is 10.9 Å². The van der Waals surface area contributed by atoms with Gasteiger partial charge in [0.05, 0.1) is 6.20 Å². The maximum Gasteiger partial charge on any atom is 0.437 e. The Kier molecular flexibility index (Phi) is 6.85. The molecule has 2 aromatic rings. The zero-order valence-corrected chi connectivity index (χ0v) is 14.8. The molecule has 0 atom stereocenters. The monoisotopic (exact) mass is 380 g/mol. The first-order chi connectivity index (χ1) is 12.5. The summed E-state index contributed by atoms with van der Waals surface area (Å²) in [6.07, 6.45) is 0.565. The molecule has 1 heterocycles. The van der Waals surface area contributed by atoms with Gasteiger partial charge in [0.15, 0.2) is 6.61 Å². The second kappa shape index (κ2) is 9.10. The Morgan fingerprint density at radius 2 is 1.88 bits per heavy atom. The third-order valence-corrected chi connectivity index (χ3v) is 4.09. The number of carbonyl (C=O) groups excluding carboxylic acids is 1. The van der Waals surface area contributed by atoms with Crippen LogP contribution >= 0.6 is 11.3 Å². The van der Waals surface area contributed by atoms with Crippen LogP contribution in [0.2, 0.25) is 0 Å². The molecule has 138 valence electrons. The largest absolute Gasteiger partial charge is 0.460 e. The van der Waals surface area contributed by atoms with Crippen molar-refractivity contribution in [3.05, 3.63) is 66.7 Å². The van der Waals surface area contributed by atoms with E-state index in [0.717, 1.165) is 6.20 Å². The van der Waals surface area contributed by atoms with Crippen LogP contribution in [0.25, 0.3) is 0 Å². The Labute approximate surface area is 154 Å². The summed E-state index contributed by atoms with van der Waals surface area (Å²) in [5.41, 5.74) is 0. The molecule has 0 unspecified atom stereocenters. The number of para-hydroxylation sites is 1. The molecule has 2 rings (SSSR count). The van der Waals surface area contributed by atoms with Crippen molar-refractivity contribution < 1.29 is 23.0 Å². The first-order valence-corrected chi connectivity index (χ1v) is 8.48. The lowest BCUT2D eigenvalue weighted by atomic mass is 10.3. The number of nitrogens with zero attached hydrogens (tertiary/aromatic N) is 2. The molecule has 26 heavy (non-hydrogen) atoms. The number of thiazole rings is 1. The molecule has 0 saturated heterocycles. The van der Waals surface area contributed by atoms with Gasteiger partial charge in [-0.15, -0.1) is 13.2 Å². The molecule has 1 aromatic heterocycles. The van der Waals surface area contributed by atoms with Gasteiger partial charge in [-0.25, -0.2) is 4.98 Å². The van der Waals surface area contributed by atoms with Crippen LogP contribution in [0.4, 0.5) is 8.78 Å². The fraction of sp³-hybridized carbons (Fsp3) is 0.222. The van der Waals surface area contributed by atoms with Crippen molar-refractivity contribution in [3.63, 3.8) is 0 Å². The zero-order valence-electron chi connectivity index (χ0n) is 13.9. The number of amides is 1. The van der Waals surface area contributed by atoms with Crippen LogP contribution in [0.15, 0.2) is 61.8 Å². The SMILES string of the molecule is C=CCN(CC=C)C(=O)COc1ncc(C(F)(F)Oc2ccccc2)s1. The summed E-state index contributed by atoms with van der Waals surface area (Å²) < 4.78 is 38.3. The third-order valence-electron chi connectivity index (χ3n) is 3.13. The summed E-state index contributed by atoms with van der Waals surface area (Å²) in [6, 6.07) is 7.74. The van der Waals surface area contributed by atoms with E-state index in [1.165, 1.54) is 17.0 Å². The van der Waals surface area contributed by atoms with Gasteiger partial charge in [0.1, 0.15) is 10.6 Å². The van der Waals surface area contributed by atoms with Crippen LogP contribution < -0.4 is 9.47 Å². The lowest BCUT2D eigenvalue weighted by molar-refractivity contribution is -0.182. The number of halogens is 2. The molecule has 1 aromatic carbocycles.